The fourth-order valence-corrected chi connectivity index (χ4v) is 6.94. The minimum atomic E-state index is -0.876. The van der Waals surface area contributed by atoms with Gasteiger partial charge in [-0.05, 0) is 74.5 Å². The molecular weight excluding hydrogens is 280 g/mol. The molecule has 7 atom stereocenters. The second-order valence-corrected chi connectivity index (χ2v) is 9.05. The maximum absolute atomic E-state index is 11.0. The summed E-state index contributed by atoms with van der Waals surface area (Å²) in [5, 5.41) is 11.0. The van der Waals surface area contributed by atoms with Crippen molar-refractivity contribution in [3.63, 3.8) is 0 Å². The Bertz CT molecular complexity index is 608. The Morgan fingerprint density at radius 1 is 1.30 bits per heavy atom. The highest BCUT2D eigenvalue weighted by Gasteiger charge is 2.62. The number of rotatable bonds is 0. The average molecular weight is 310 g/mol. The minimum Gasteiger partial charge on any atom is -0.377 e. The van der Waals surface area contributed by atoms with E-state index in [-0.39, 0.29) is 5.41 Å². The first kappa shape index (κ1) is 15.5. The highest BCUT2D eigenvalue weighted by Crippen LogP contribution is 2.65. The molecule has 0 aromatic rings. The van der Waals surface area contributed by atoms with Crippen LogP contribution in [0.2, 0.25) is 0 Å². The third-order valence-corrected chi connectivity index (χ3v) is 8.15. The van der Waals surface area contributed by atoms with Crippen LogP contribution in [0.1, 0.15) is 58.8 Å². The van der Waals surface area contributed by atoms with E-state index in [0.29, 0.717) is 11.8 Å². The van der Waals surface area contributed by atoms with Crippen LogP contribution >= 0.6 is 0 Å². The van der Waals surface area contributed by atoms with Gasteiger partial charge < -0.3 is 5.11 Å². The molecule has 0 aromatic carbocycles. The van der Waals surface area contributed by atoms with Crippen molar-refractivity contribution >= 4 is 0 Å². The molecule has 124 valence electrons. The Kier molecular flexibility index (Phi) is 3.37. The van der Waals surface area contributed by atoms with Gasteiger partial charge in [0, 0.05) is 5.41 Å². The van der Waals surface area contributed by atoms with Crippen molar-refractivity contribution in [1.29, 1.82) is 0 Å². The summed E-state index contributed by atoms with van der Waals surface area (Å²) >= 11 is 0. The first-order chi connectivity index (χ1) is 10.9. The van der Waals surface area contributed by atoms with E-state index in [0.717, 1.165) is 37.0 Å². The SMILES string of the molecule is C#C[C@]1(O)CC[C@H]2[C@@H]3[C@H](C)CC4=CC(=C)CCC4[C@H]3CC[C@@]21C. The molecule has 0 radical (unpaired) electrons. The van der Waals surface area contributed by atoms with E-state index in [4.69, 9.17) is 6.42 Å². The third-order valence-electron chi connectivity index (χ3n) is 8.15. The molecule has 0 saturated heterocycles. The predicted molar refractivity (Wildman–Crippen MR) is 94.6 cm³/mol. The zero-order valence-corrected chi connectivity index (χ0v) is 14.6. The van der Waals surface area contributed by atoms with Gasteiger partial charge >= 0.3 is 0 Å². The van der Waals surface area contributed by atoms with Crippen molar-refractivity contribution in [3.05, 3.63) is 23.8 Å². The van der Waals surface area contributed by atoms with Crippen LogP contribution in [0.5, 0.6) is 0 Å². The number of terminal acetylenes is 1. The van der Waals surface area contributed by atoms with Crippen molar-refractivity contribution in [1.82, 2.24) is 0 Å². The first-order valence-electron chi connectivity index (χ1n) is 9.48. The van der Waals surface area contributed by atoms with E-state index < -0.39 is 5.60 Å². The molecular formula is C22H30O. The lowest BCUT2D eigenvalue weighted by Gasteiger charge is -2.57. The van der Waals surface area contributed by atoms with E-state index in [1.807, 2.05) is 0 Å². The monoisotopic (exact) mass is 310 g/mol. The van der Waals surface area contributed by atoms with Gasteiger partial charge in [0.25, 0.3) is 0 Å². The Morgan fingerprint density at radius 2 is 2.09 bits per heavy atom. The highest BCUT2D eigenvalue weighted by atomic mass is 16.3. The second kappa shape index (κ2) is 5.00. The molecule has 0 aliphatic heterocycles. The normalized spacial score (nSPS) is 52.0. The smallest absolute Gasteiger partial charge is 0.130 e. The molecule has 4 aliphatic carbocycles. The van der Waals surface area contributed by atoms with Gasteiger partial charge in [0.05, 0.1) is 0 Å². The number of hydrogen-bond acceptors (Lipinski definition) is 1. The summed E-state index contributed by atoms with van der Waals surface area (Å²) in [4.78, 5) is 0. The number of allylic oxidation sites excluding steroid dienone is 3. The fraction of sp³-hybridized carbons (Fsp3) is 0.727. The molecule has 1 unspecified atom stereocenters. The van der Waals surface area contributed by atoms with Gasteiger partial charge in [0.15, 0.2) is 0 Å². The first-order valence-corrected chi connectivity index (χ1v) is 9.48. The van der Waals surface area contributed by atoms with Crippen molar-refractivity contribution in [3.8, 4) is 12.3 Å². The minimum absolute atomic E-state index is 0.0728. The molecule has 23 heavy (non-hydrogen) atoms. The Hall–Kier alpha value is -1.00. The summed E-state index contributed by atoms with van der Waals surface area (Å²) in [7, 11) is 0. The Morgan fingerprint density at radius 3 is 2.83 bits per heavy atom. The lowest BCUT2D eigenvalue weighted by Crippen LogP contribution is -2.53. The van der Waals surface area contributed by atoms with Gasteiger partial charge in [-0.25, -0.2) is 0 Å². The topological polar surface area (TPSA) is 20.2 Å². The van der Waals surface area contributed by atoms with Gasteiger partial charge in [0.2, 0.25) is 0 Å². The Balaban J connectivity index is 1.70. The summed E-state index contributed by atoms with van der Waals surface area (Å²) in [5.74, 6) is 6.40. The highest BCUT2D eigenvalue weighted by molar-refractivity contribution is 5.31. The molecule has 4 rings (SSSR count). The summed E-state index contributed by atoms with van der Waals surface area (Å²) in [6.07, 6.45) is 16.1. The van der Waals surface area contributed by atoms with Crippen LogP contribution in [0.4, 0.5) is 0 Å². The van der Waals surface area contributed by atoms with Crippen LogP contribution in [0.25, 0.3) is 0 Å². The van der Waals surface area contributed by atoms with Gasteiger partial charge in [-0.2, -0.15) is 0 Å². The maximum atomic E-state index is 11.0. The van der Waals surface area contributed by atoms with E-state index in [9.17, 15) is 5.11 Å². The van der Waals surface area contributed by atoms with Crippen LogP contribution in [-0.2, 0) is 0 Å². The predicted octanol–water partition coefficient (Wildman–Crippen LogP) is 4.73. The van der Waals surface area contributed by atoms with E-state index in [1.54, 1.807) is 5.57 Å². The van der Waals surface area contributed by atoms with Gasteiger partial charge in [-0.1, -0.05) is 43.6 Å². The lowest BCUT2D eigenvalue weighted by molar-refractivity contribution is -0.0977. The van der Waals surface area contributed by atoms with E-state index >= 15 is 0 Å². The van der Waals surface area contributed by atoms with Gasteiger partial charge in [-0.15, -0.1) is 6.42 Å². The molecule has 0 amide bonds. The van der Waals surface area contributed by atoms with Crippen molar-refractivity contribution < 1.29 is 5.11 Å². The summed E-state index contributed by atoms with van der Waals surface area (Å²) in [6, 6.07) is 0. The van der Waals surface area contributed by atoms with Crippen LogP contribution in [0.3, 0.4) is 0 Å². The quantitative estimate of drug-likeness (QED) is 0.642. The van der Waals surface area contributed by atoms with Crippen LogP contribution in [-0.4, -0.2) is 10.7 Å². The molecule has 1 N–H and O–H groups in total. The number of hydrogen-bond donors (Lipinski definition) is 1. The molecule has 0 spiro atoms. The molecule has 0 bridgehead atoms. The zero-order valence-electron chi connectivity index (χ0n) is 14.6. The zero-order chi connectivity index (χ0) is 16.4. The van der Waals surface area contributed by atoms with Gasteiger partial charge in [-0.3, -0.25) is 0 Å². The maximum Gasteiger partial charge on any atom is 0.130 e. The standard InChI is InChI=1S/C22H30O/c1-5-22(23)11-9-19-20-15(3)13-16-12-14(2)6-7-17(16)18(20)8-10-21(19,22)4/h1,12,15,17-20,23H,2,6-11,13H2,3-4H3/t15-,17?,18-,19+,20-,21+,22+/m1/s1. The number of fused-ring (bicyclic) bond motifs is 5. The molecule has 3 saturated carbocycles. The molecule has 0 aromatic heterocycles. The number of aliphatic hydroxyl groups is 1. The van der Waals surface area contributed by atoms with Crippen LogP contribution in [0.15, 0.2) is 23.8 Å². The third kappa shape index (κ3) is 1.97. The van der Waals surface area contributed by atoms with Crippen LogP contribution < -0.4 is 0 Å². The van der Waals surface area contributed by atoms with Crippen molar-refractivity contribution in [2.24, 2.45) is 35.0 Å². The van der Waals surface area contributed by atoms with Crippen molar-refractivity contribution in [2.45, 2.75) is 64.4 Å². The molecule has 1 heteroatoms. The fourth-order valence-electron chi connectivity index (χ4n) is 6.94. The van der Waals surface area contributed by atoms with Crippen molar-refractivity contribution in [2.75, 3.05) is 0 Å². The van der Waals surface area contributed by atoms with E-state index in [2.05, 4.69) is 32.4 Å². The summed E-state index contributed by atoms with van der Waals surface area (Å²) < 4.78 is 0. The van der Waals surface area contributed by atoms with E-state index in [1.165, 1.54) is 31.3 Å². The molecule has 4 aliphatic rings. The second-order valence-electron chi connectivity index (χ2n) is 9.05. The summed E-state index contributed by atoms with van der Waals surface area (Å²) in [6.45, 7) is 8.91. The molecule has 0 heterocycles. The lowest BCUT2D eigenvalue weighted by atomic mass is 9.48. The van der Waals surface area contributed by atoms with Gasteiger partial charge in [0.1, 0.15) is 5.60 Å². The molecule has 1 nitrogen and oxygen atoms in total. The Labute approximate surface area is 141 Å². The largest absolute Gasteiger partial charge is 0.377 e. The molecule has 3 fully saturated rings. The van der Waals surface area contributed by atoms with Crippen LogP contribution in [0, 0.1) is 47.3 Å². The average Bonchev–Trinajstić information content (AvgIpc) is 2.79. The summed E-state index contributed by atoms with van der Waals surface area (Å²) in [5.41, 5.74) is 2.05.